The summed E-state index contributed by atoms with van der Waals surface area (Å²) >= 11 is -1.91. The number of ether oxygens (including phenoxy) is 2. The molecule has 0 aliphatic heterocycles. The van der Waals surface area contributed by atoms with E-state index in [1.807, 2.05) is 0 Å². The second-order valence-electron chi connectivity index (χ2n) is 5.78. The van der Waals surface area contributed by atoms with Crippen LogP contribution < -0.4 is 14.2 Å². The zero-order valence-corrected chi connectivity index (χ0v) is 17.2. The molecule has 12 heteroatoms. The van der Waals surface area contributed by atoms with Gasteiger partial charge in [-0.25, -0.2) is 0 Å². The Labute approximate surface area is 179 Å². The lowest BCUT2D eigenvalue weighted by molar-refractivity contribution is -0.385. The average molecular weight is 447 g/mol. The maximum Gasteiger partial charge on any atom is 0.311 e. The van der Waals surface area contributed by atoms with Crippen LogP contribution in [-0.4, -0.2) is 34.5 Å². The van der Waals surface area contributed by atoms with E-state index in [4.69, 9.17) is 9.47 Å². The van der Waals surface area contributed by atoms with Crippen molar-refractivity contribution in [2.45, 2.75) is 0 Å². The fourth-order valence-electron chi connectivity index (χ4n) is 2.39. The lowest BCUT2D eigenvalue weighted by Gasteiger charge is -2.05. The third-order valence-corrected chi connectivity index (χ3v) is 4.60. The third kappa shape index (κ3) is 6.55. The summed E-state index contributed by atoms with van der Waals surface area (Å²) < 4.78 is 24.0. The molecular weight excluding hydrogens is 430 g/mol. The third-order valence-electron chi connectivity index (χ3n) is 3.81. The van der Waals surface area contributed by atoms with Crippen LogP contribution in [0.4, 0.5) is 11.4 Å². The SMILES string of the molecule is COc1ccc(C=CC(=O)N[S+]([O-])C=Cc2ccc(OC)c([N+](=O)[O-])c2)cc1[N+](=O)[O-]. The Bertz CT molecular complexity index is 1050. The number of rotatable bonds is 9. The number of nitrogens with one attached hydrogen (secondary N) is 1. The van der Waals surface area contributed by atoms with E-state index in [-0.39, 0.29) is 22.9 Å². The molecule has 0 radical (unpaired) electrons. The van der Waals surface area contributed by atoms with Gasteiger partial charge in [0.05, 0.1) is 24.1 Å². The predicted octanol–water partition coefficient (Wildman–Crippen LogP) is 2.98. The number of benzene rings is 2. The Balaban J connectivity index is 2.03. The van der Waals surface area contributed by atoms with E-state index in [1.54, 1.807) is 0 Å². The standard InChI is InChI=1S/C19H17N3O8S/c1-29-17-6-3-13(11-15(17)21(24)25)5-8-19(23)20-31(28)10-9-14-4-7-18(30-2)16(12-14)22(26)27/h3-12H,1-2H3,(H,20,23). The second kappa shape index (κ2) is 10.8. The highest BCUT2D eigenvalue weighted by Crippen LogP contribution is 2.29. The molecule has 0 fully saturated rings. The van der Waals surface area contributed by atoms with Crippen molar-refractivity contribution < 1.29 is 28.7 Å². The van der Waals surface area contributed by atoms with Crippen LogP contribution >= 0.6 is 0 Å². The summed E-state index contributed by atoms with van der Waals surface area (Å²) in [6.45, 7) is 0. The summed E-state index contributed by atoms with van der Waals surface area (Å²) in [4.78, 5) is 32.8. The van der Waals surface area contributed by atoms with Gasteiger partial charge in [-0.3, -0.25) is 25.0 Å². The molecule has 0 aliphatic carbocycles. The molecular formula is C19H17N3O8S. The summed E-state index contributed by atoms with van der Waals surface area (Å²) in [6, 6.07) is 8.31. The summed E-state index contributed by atoms with van der Waals surface area (Å²) in [5, 5.41) is 23.2. The van der Waals surface area contributed by atoms with E-state index >= 15 is 0 Å². The number of carbonyl (C=O) groups excluding carboxylic acids is 1. The van der Waals surface area contributed by atoms with Crippen molar-refractivity contribution in [2.24, 2.45) is 0 Å². The number of hydrogen-bond donors (Lipinski definition) is 1. The molecule has 0 spiro atoms. The molecule has 0 bridgehead atoms. The van der Waals surface area contributed by atoms with Gasteiger partial charge in [0.1, 0.15) is 16.8 Å². The summed E-state index contributed by atoms with van der Waals surface area (Å²) in [5.74, 6) is -0.542. The number of nitro groups is 2. The Kier molecular flexibility index (Phi) is 8.11. The number of methoxy groups -OCH3 is 2. The van der Waals surface area contributed by atoms with Crippen molar-refractivity contribution in [1.29, 1.82) is 0 Å². The average Bonchev–Trinajstić information content (AvgIpc) is 2.75. The molecule has 1 atom stereocenters. The quantitative estimate of drug-likeness (QED) is 0.266. The van der Waals surface area contributed by atoms with Gasteiger partial charge in [0, 0.05) is 18.2 Å². The molecule has 2 aromatic rings. The summed E-state index contributed by atoms with van der Waals surface area (Å²) in [5.41, 5.74) is 0.242. The van der Waals surface area contributed by atoms with Crippen molar-refractivity contribution in [3.05, 3.63) is 79.2 Å². The zero-order valence-electron chi connectivity index (χ0n) is 16.3. The fraction of sp³-hybridized carbons (Fsp3) is 0.105. The number of carbonyl (C=O) groups is 1. The second-order valence-corrected chi connectivity index (χ2v) is 6.85. The maximum absolute atomic E-state index is 12.0. The van der Waals surface area contributed by atoms with Gasteiger partial charge in [-0.15, -0.1) is 0 Å². The van der Waals surface area contributed by atoms with Gasteiger partial charge in [0.25, 0.3) is 5.91 Å². The van der Waals surface area contributed by atoms with Gasteiger partial charge in [0.15, 0.2) is 11.5 Å². The Morgan fingerprint density at radius 2 is 1.42 bits per heavy atom. The Morgan fingerprint density at radius 3 is 1.87 bits per heavy atom. The first-order valence-corrected chi connectivity index (χ1v) is 9.68. The minimum Gasteiger partial charge on any atom is -0.588 e. The molecule has 0 aromatic heterocycles. The summed E-state index contributed by atoms with van der Waals surface area (Å²) in [7, 11) is 2.61. The van der Waals surface area contributed by atoms with Crippen LogP contribution in [0.2, 0.25) is 0 Å². The first-order chi connectivity index (χ1) is 14.7. The molecule has 2 aromatic carbocycles. The molecule has 0 saturated carbocycles. The molecule has 1 N–H and O–H groups in total. The minimum atomic E-state index is -1.91. The molecule has 162 valence electrons. The van der Waals surface area contributed by atoms with E-state index in [1.165, 1.54) is 62.8 Å². The van der Waals surface area contributed by atoms with Crippen molar-refractivity contribution in [3.8, 4) is 11.5 Å². The van der Waals surface area contributed by atoms with Crippen LogP contribution in [0.15, 0.2) is 47.9 Å². The fourth-order valence-corrected chi connectivity index (χ4v) is 3.00. The van der Waals surface area contributed by atoms with Crippen LogP contribution in [-0.2, 0) is 16.2 Å². The summed E-state index contributed by atoms with van der Waals surface area (Å²) in [6.07, 6.45) is 3.73. The predicted molar refractivity (Wildman–Crippen MR) is 114 cm³/mol. The van der Waals surface area contributed by atoms with E-state index in [0.717, 1.165) is 11.5 Å². The normalized spacial score (nSPS) is 12.0. The van der Waals surface area contributed by atoms with Gasteiger partial charge >= 0.3 is 11.4 Å². The van der Waals surface area contributed by atoms with Gasteiger partial charge in [-0.1, -0.05) is 12.1 Å². The molecule has 1 amide bonds. The number of amides is 1. The number of nitrogens with zero attached hydrogens (tertiary/aromatic N) is 2. The maximum atomic E-state index is 12.0. The smallest absolute Gasteiger partial charge is 0.311 e. The van der Waals surface area contributed by atoms with Crippen LogP contribution in [0.1, 0.15) is 11.1 Å². The van der Waals surface area contributed by atoms with Crippen molar-refractivity contribution in [3.63, 3.8) is 0 Å². The van der Waals surface area contributed by atoms with E-state index in [0.29, 0.717) is 11.1 Å². The van der Waals surface area contributed by atoms with Gasteiger partial charge in [0.2, 0.25) is 0 Å². The molecule has 0 heterocycles. The molecule has 31 heavy (non-hydrogen) atoms. The van der Waals surface area contributed by atoms with Crippen LogP contribution in [0.5, 0.6) is 11.5 Å². The van der Waals surface area contributed by atoms with Crippen LogP contribution in [0.25, 0.3) is 12.2 Å². The Morgan fingerprint density at radius 1 is 0.935 bits per heavy atom. The van der Waals surface area contributed by atoms with Crippen molar-refractivity contribution in [1.82, 2.24) is 4.72 Å². The highest BCUT2D eigenvalue weighted by atomic mass is 32.2. The zero-order chi connectivity index (χ0) is 23.0. The van der Waals surface area contributed by atoms with E-state index < -0.39 is 27.1 Å². The Hall–Kier alpha value is -3.90. The van der Waals surface area contributed by atoms with Gasteiger partial charge in [-0.2, -0.15) is 4.72 Å². The minimum absolute atomic E-state index is 0.0802. The lowest BCUT2D eigenvalue weighted by Crippen LogP contribution is -2.26. The van der Waals surface area contributed by atoms with E-state index in [9.17, 15) is 29.6 Å². The van der Waals surface area contributed by atoms with Crippen LogP contribution in [0.3, 0.4) is 0 Å². The van der Waals surface area contributed by atoms with Crippen LogP contribution in [0, 0.1) is 20.2 Å². The highest BCUT2D eigenvalue weighted by Gasteiger charge is 2.16. The van der Waals surface area contributed by atoms with Crippen molar-refractivity contribution in [2.75, 3.05) is 14.2 Å². The number of nitro benzene ring substituents is 2. The molecule has 0 aliphatic rings. The molecule has 0 saturated heterocycles. The molecule has 1 unspecified atom stereocenters. The van der Waals surface area contributed by atoms with E-state index in [2.05, 4.69) is 4.72 Å². The highest BCUT2D eigenvalue weighted by molar-refractivity contribution is 7.93. The first-order valence-electron chi connectivity index (χ1n) is 8.47. The largest absolute Gasteiger partial charge is 0.588 e. The van der Waals surface area contributed by atoms with Gasteiger partial charge < -0.3 is 14.0 Å². The molecule has 11 nitrogen and oxygen atoms in total. The first kappa shape index (κ1) is 23.4. The topological polar surface area (TPSA) is 157 Å². The lowest BCUT2D eigenvalue weighted by atomic mass is 10.1. The van der Waals surface area contributed by atoms with Crippen molar-refractivity contribution >= 4 is 40.8 Å². The van der Waals surface area contributed by atoms with Gasteiger partial charge in [-0.05, 0) is 35.4 Å². The molecule has 2 rings (SSSR count). The number of hydrogen-bond acceptors (Lipinski definition) is 8. The monoisotopic (exact) mass is 447 g/mol.